The lowest BCUT2D eigenvalue weighted by Gasteiger charge is -2.30. The number of thiophene rings is 1. The average molecular weight is 508 g/mol. The van der Waals surface area contributed by atoms with Gasteiger partial charge in [-0.2, -0.15) is 0 Å². The van der Waals surface area contributed by atoms with Gasteiger partial charge in [0.2, 0.25) is 12.2 Å². The molecule has 5 rings (SSSR count). The second-order valence-corrected chi connectivity index (χ2v) is 9.92. The fraction of sp³-hybridized carbons (Fsp3) is 0.360. The highest BCUT2D eigenvalue weighted by Gasteiger charge is 2.23. The summed E-state index contributed by atoms with van der Waals surface area (Å²) in [6, 6.07) is 10.1. The highest BCUT2D eigenvalue weighted by molar-refractivity contribution is 7.19. The van der Waals surface area contributed by atoms with Gasteiger partial charge < -0.3 is 15.0 Å². The van der Waals surface area contributed by atoms with E-state index < -0.39 is 6.29 Å². The number of ether oxygens (including phenoxy) is 1. The minimum absolute atomic E-state index is 0.0552. The van der Waals surface area contributed by atoms with Gasteiger partial charge in [-0.05, 0) is 24.8 Å². The van der Waals surface area contributed by atoms with E-state index in [4.69, 9.17) is 14.7 Å². The van der Waals surface area contributed by atoms with Crippen molar-refractivity contribution in [2.75, 3.05) is 38.3 Å². The summed E-state index contributed by atoms with van der Waals surface area (Å²) in [5, 5.41) is 14.1. The Morgan fingerprint density at radius 3 is 2.75 bits per heavy atom. The van der Waals surface area contributed by atoms with Gasteiger partial charge in [0, 0.05) is 56.0 Å². The number of hydrogen-bond acceptors (Lipinski definition) is 10. The van der Waals surface area contributed by atoms with E-state index in [0.717, 1.165) is 50.2 Å². The van der Waals surface area contributed by atoms with Crippen molar-refractivity contribution in [3.8, 4) is 11.4 Å². The second-order valence-electron chi connectivity index (χ2n) is 8.79. The molecule has 3 aromatic rings. The number of aromatic nitrogens is 2. The van der Waals surface area contributed by atoms with Crippen LogP contribution in [-0.4, -0.2) is 76.9 Å². The van der Waals surface area contributed by atoms with Crippen LogP contribution >= 0.6 is 11.3 Å². The summed E-state index contributed by atoms with van der Waals surface area (Å²) < 4.78 is 6.61. The maximum absolute atomic E-state index is 11.2. The Morgan fingerprint density at radius 2 is 2.03 bits per heavy atom. The number of anilines is 1. The Balaban J connectivity index is 1.46. The number of benzene rings is 1. The van der Waals surface area contributed by atoms with Crippen molar-refractivity contribution in [1.29, 1.82) is 0 Å². The number of nitrogens with zero attached hydrogens (tertiary/aromatic N) is 6. The Hall–Kier alpha value is -3.38. The third-order valence-electron chi connectivity index (χ3n) is 6.05. The zero-order valence-electron chi connectivity index (χ0n) is 20.3. The quantitative estimate of drug-likeness (QED) is 0.503. The van der Waals surface area contributed by atoms with Gasteiger partial charge in [0.25, 0.3) is 0 Å². The first kappa shape index (κ1) is 24.3. The normalized spacial score (nSPS) is 17.8. The van der Waals surface area contributed by atoms with Crippen LogP contribution in [0.4, 0.5) is 5.82 Å². The van der Waals surface area contributed by atoms with E-state index in [1.807, 2.05) is 36.2 Å². The molecule has 1 amide bonds. The van der Waals surface area contributed by atoms with Crippen molar-refractivity contribution in [3.63, 3.8) is 0 Å². The van der Waals surface area contributed by atoms with Crippen LogP contribution in [0.5, 0.6) is 0 Å². The number of rotatable bonds is 7. The zero-order chi connectivity index (χ0) is 25.1. The number of carbonyl (C=O) groups excluding carboxylic acids is 1. The molecular formula is C25H29N7O3S. The highest BCUT2D eigenvalue weighted by Crippen LogP contribution is 2.35. The summed E-state index contributed by atoms with van der Waals surface area (Å²) in [5.41, 5.74) is 2.83. The van der Waals surface area contributed by atoms with Crippen LogP contribution in [0.25, 0.3) is 21.6 Å². The van der Waals surface area contributed by atoms with Crippen molar-refractivity contribution in [2.45, 2.75) is 26.3 Å². The molecule has 188 valence electrons. The molecule has 0 radical (unpaired) electrons. The first-order valence-electron chi connectivity index (χ1n) is 11.8. The van der Waals surface area contributed by atoms with Gasteiger partial charge in [0.05, 0.1) is 23.4 Å². The number of fused-ring (bicyclic) bond motifs is 1. The molecule has 1 saturated heterocycles. The van der Waals surface area contributed by atoms with Crippen molar-refractivity contribution in [3.05, 3.63) is 53.0 Å². The van der Waals surface area contributed by atoms with E-state index in [9.17, 15) is 10.0 Å². The summed E-state index contributed by atoms with van der Waals surface area (Å²) in [7, 11) is 1.93. The van der Waals surface area contributed by atoms with Gasteiger partial charge in [-0.15, -0.1) is 11.3 Å². The lowest BCUT2D eigenvalue weighted by atomic mass is 10.1. The third-order valence-corrected chi connectivity index (χ3v) is 7.15. The van der Waals surface area contributed by atoms with Gasteiger partial charge in [-0.25, -0.2) is 15.0 Å². The van der Waals surface area contributed by atoms with E-state index in [1.54, 1.807) is 29.8 Å². The maximum Gasteiger partial charge on any atom is 0.217 e. The monoisotopic (exact) mass is 507 g/mol. The summed E-state index contributed by atoms with van der Waals surface area (Å²) in [6.45, 7) is 5.48. The molecule has 4 heterocycles. The van der Waals surface area contributed by atoms with E-state index in [0.29, 0.717) is 32.1 Å². The van der Waals surface area contributed by atoms with Crippen molar-refractivity contribution in [1.82, 2.24) is 25.2 Å². The van der Waals surface area contributed by atoms with Gasteiger partial charge in [-0.3, -0.25) is 19.9 Å². The smallest absolute Gasteiger partial charge is 0.217 e. The fourth-order valence-corrected chi connectivity index (χ4v) is 5.38. The van der Waals surface area contributed by atoms with Gasteiger partial charge in [0.15, 0.2) is 11.6 Å². The molecule has 1 unspecified atom stereocenters. The predicted octanol–water partition coefficient (Wildman–Crippen LogP) is 2.84. The van der Waals surface area contributed by atoms with Crippen molar-refractivity contribution in [2.24, 2.45) is 4.99 Å². The highest BCUT2D eigenvalue weighted by atomic mass is 32.1. The third kappa shape index (κ3) is 5.39. The number of nitrogens with one attached hydrogen (secondary N) is 1. The molecule has 0 bridgehead atoms. The molecule has 0 saturated carbocycles. The summed E-state index contributed by atoms with van der Waals surface area (Å²) in [5.74, 6) is 1.53. The van der Waals surface area contributed by atoms with Crippen molar-refractivity contribution >= 4 is 39.5 Å². The molecular weight excluding hydrogens is 478 g/mol. The molecule has 2 aromatic heterocycles. The Labute approximate surface area is 213 Å². The van der Waals surface area contributed by atoms with Crippen molar-refractivity contribution < 1.29 is 14.7 Å². The Morgan fingerprint density at radius 1 is 1.25 bits per heavy atom. The van der Waals surface area contributed by atoms with Crippen LogP contribution in [0.1, 0.15) is 17.4 Å². The van der Waals surface area contributed by atoms with Gasteiger partial charge in [-0.1, -0.05) is 24.3 Å². The molecule has 0 aliphatic carbocycles. The topological polar surface area (TPSA) is 106 Å². The van der Waals surface area contributed by atoms with Crippen LogP contribution in [0.15, 0.2) is 47.6 Å². The molecule has 10 nitrogen and oxygen atoms in total. The predicted molar refractivity (Wildman–Crippen MR) is 140 cm³/mol. The van der Waals surface area contributed by atoms with Gasteiger partial charge >= 0.3 is 0 Å². The molecule has 1 atom stereocenters. The fourth-order valence-electron chi connectivity index (χ4n) is 4.20. The minimum atomic E-state index is -0.475. The number of aliphatic imine (C=N–C) groups is 1. The first-order chi connectivity index (χ1) is 17.5. The van der Waals surface area contributed by atoms with Crippen LogP contribution in [0.2, 0.25) is 0 Å². The number of morpholine rings is 1. The first-order valence-corrected chi connectivity index (χ1v) is 12.6. The number of allylic oxidation sites excluding steroid dienone is 1. The average Bonchev–Trinajstić information content (AvgIpc) is 3.30. The number of amides is 1. The standard InChI is InChI=1S/C25H29N7O3S/c1-17(33)27-15-18-4-6-19(7-5-18)23-28-21-14-20(16-30(2)25-26-8-3-9-32(25)34)36-22(21)24(29-23)31-10-12-35-13-11-31/h3-9,14,25,34H,10-13,15-16H2,1-2H3,(H,27,33). The molecule has 1 aromatic carbocycles. The summed E-state index contributed by atoms with van der Waals surface area (Å²) in [4.78, 5) is 30.8. The summed E-state index contributed by atoms with van der Waals surface area (Å²) in [6.07, 6.45) is 4.50. The molecule has 2 aliphatic heterocycles. The van der Waals surface area contributed by atoms with Crippen LogP contribution < -0.4 is 10.2 Å². The molecule has 1 fully saturated rings. The Kier molecular flexibility index (Phi) is 7.23. The van der Waals surface area contributed by atoms with E-state index in [-0.39, 0.29) is 5.91 Å². The minimum Gasteiger partial charge on any atom is -0.378 e. The van der Waals surface area contributed by atoms with Gasteiger partial charge in [0.1, 0.15) is 0 Å². The number of hydrogen-bond donors (Lipinski definition) is 2. The lowest BCUT2D eigenvalue weighted by molar-refractivity contribution is -0.125. The molecule has 2 N–H and O–H groups in total. The van der Waals surface area contributed by atoms with E-state index >= 15 is 0 Å². The number of hydroxylamine groups is 2. The molecule has 36 heavy (non-hydrogen) atoms. The zero-order valence-corrected chi connectivity index (χ0v) is 21.1. The van der Waals surface area contributed by atoms with Crippen LogP contribution in [-0.2, 0) is 22.6 Å². The van der Waals surface area contributed by atoms with Crippen LogP contribution in [0.3, 0.4) is 0 Å². The summed E-state index contributed by atoms with van der Waals surface area (Å²) >= 11 is 1.67. The molecule has 11 heteroatoms. The molecule has 0 spiro atoms. The second kappa shape index (κ2) is 10.7. The maximum atomic E-state index is 11.2. The lowest BCUT2D eigenvalue weighted by Crippen LogP contribution is -2.41. The largest absolute Gasteiger partial charge is 0.378 e. The van der Waals surface area contributed by atoms with E-state index in [1.165, 1.54) is 6.92 Å². The van der Waals surface area contributed by atoms with Crippen LogP contribution in [0, 0.1) is 0 Å². The Bertz CT molecular complexity index is 1280. The number of carbonyl (C=O) groups is 1. The molecule has 2 aliphatic rings. The SMILES string of the molecule is CC(=O)NCc1ccc(-c2nc(N3CCOCC3)c3sc(CN(C)C4N=CC=CN4O)cc3n2)cc1. The van der Waals surface area contributed by atoms with E-state index in [2.05, 4.69) is 21.3 Å².